The molecule has 0 aliphatic heterocycles. The van der Waals surface area contributed by atoms with Crippen LogP contribution in [0.25, 0.3) is 11.2 Å². The summed E-state index contributed by atoms with van der Waals surface area (Å²) in [7, 11) is 1.90. The molecule has 0 atom stereocenters. The van der Waals surface area contributed by atoms with Gasteiger partial charge in [0.1, 0.15) is 17.5 Å². The van der Waals surface area contributed by atoms with Crippen molar-refractivity contribution in [3.63, 3.8) is 0 Å². The second kappa shape index (κ2) is 3.56. The van der Waals surface area contributed by atoms with E-state index in [1.807, 2.05) is 29.3 Å². The highest BCUT2D eigenvalue weighted by molar-refractivity contribution is 7.71. The Morgan fingerprint density at radius 2 is 2.35 bits per heavy atom. The van der Waals surface area contributed by atoms with E-state index in [-0.39, 0.29) is 0 Å². The lowest BCUT2D eigenvalue weighted by molar-refractivity contribution is 0.409. The van der Waals surface area contributed by atoms with Crippen LogP contribution >= 0.6 is 12.2 Å². The van der Waals surface area contributed by atoms with Crippen LogP contribution in [0, 0.1) is 11.7 Å². The first kappa shape index (κ1) is 10.3. The molecule has 3 aromatic heterocycles. The Balaban J connectivity index is 2.21. The van der Waals surface area contributed by atoms with Gasteiger partial charge in [0, 0.05) is 13.1 Å². The molecule has 0 unspecified atom stereocenters. The third-order valence-electron chi connectivity index (χ3n) is 2.74. The number of nitrogens with zero attached hydrogens (tertiary/aromatic N) is 4. The van der Waals surface area contributed by atoms with Gasteiger partial charge in [0.2, 0.25) is 0 Å². The summed E-state index contributed by atoms with van der Waals surface area (Å²) in [5.41, 5.74) is 3.71. The number of fused-ring (bicyclic) bond motifs is 1. The van der Waals surface area contributed by atoms with Crippen molar-refractivity contribution in [1.82, 2.24) is 24.5 Å². The topological polar surface area (TPSA) is 64.6 Å². The minimum absolute atomic E-state index is 0.578. The first-order valence-corrected chi connectivity index (χ1v) is 5.59. The van der Waals surface area contributed by atoms with Gasteiger partial charge in [0.05, 0.1) is 12.2 Å². The van der Waals surface area contributed by atoms with Crippen molar-refractivity contribution in [2.75, 3.05) is 0 Å². The lowest BCUT2D eigenvalue weighted by atomic mass is 10.4. The van der Waals surface area contributed by atoms with Crippen LogP contribution in [0.2, 0.25) is 0 Å². The summed E-state index contributed by atoms with van der Waals surface area (Å²) >= 11 is 5.31. The van der Waals surface area contributed by atoms with E-state index >= 15 is 0 Å². The van der Waals surface area contributed by atoms with E-state index in [2.05, 4.69) is 15.2 Å². The Labute approximate surface area is 102 Å². The Hall–Kier alpha value is -1.89. The van der Waals surface area contributed by atoms with Crippen molar-refractivity contribution in [1.29, 1.82) is 0 Å². The molecule has 3 heterocycles. The van der Waals surface area contributed by atoms with E-state index in [0.717, 1.165) is 22.6 Å². The fourth-order valence-electron chi connectivity index (χ4n) is 2.00. The van der Waals surface area contributed by atoms with Gasteiger partial charge in [0.15, 0.2) is 10.4 Å². The normalized spacial score (nSPS) is 11.4. The molecular weight excluding hydrogens is 238 g/mol. The maximum atomic E-state index is 5.31. The van der Waals surface area contributed by atoms with Gasteiger partial charge in [-0.15, -0.1) is 0 Å². The monoisotopic (exact) mass is 249 g/mol. The molecule has 17 heavy (non-hydrogen) atoms. The van der Waals surface area contributed by atoms with Crippen LogP contribution in [0.1, 0.15) is 11.4 Å². The van der Waals surface area contributed by atoms with Crippen molar-refractivity contribution in [3.8, 4) is 0 Å². The smallest absolute Gasteiger partial charge is 0.179 e. The largest absolute Gasteiger partial charge is 0.364 e. The van der Waals surface area contributed by atoms with Gasteiger partial charge in [-0.05, 0) is 19.1 Å². The maximum Gasteiger partial charge on any atom is 0.179 e. The molecule has 0 amide bonds. The molecule has 1 N–H and O–H groups in total. The van der Waals surface area contributed by atoms with Crippen molar-refractivity contribution in [2.45, 2.75) is 13.5 Å². The van der Waals surface area contributed by atoms with Gasteiger partial charge in [-0.25, -0.2) is 0 Å². The van der Waals surface area contributed by atoms with Crippen molar-refractivity contribution in [2.24, 2.45) is 7.05 Å². The number of aromatic amines is 1. The molecular formula is C10H11N5OS. The second-order valence-corrected chi connectivity index (χ2v) is 4.30. The Morgan fingerprint density at radius 1 is 1.53 bits per heavy atom. The zero-order valence-corrected chi connectivity index (χ0v) is 10.3. The molecule has 3 rings (SSSR count). The zero-order valence-electron chi connectivity index (χ0n) is 9.47. The Bertz CT molecular complexity index is 718. The molecule has 7 heteroatoms. The fraction of sp³-hybridized carbons (Fsp3) is 0.300. The van der Waals surface area contributed by atoms with Gasteiger partial charge >= 0.3 is 0 Å². The summed E-state index contributed by atoms with van der Waals surface area (Å²) in [4.78, 5) is 3.16. The number of nitrogens with one attached hydrogen (secondary N) is 1. The molecule has 0 aliphatic rings. The number of aromatic nitrogens is 5. The molecule has 0 radical (unpaired) electrons. The fourth-order valence-corrected chi connectivity index (χ4v) is 2.25. The molecule has 6 nitrogen and oxygen atoms in total. The van der Waals surface area contributed by atoms with Crippen LogP contribution in [0.15, 0.2) is 16.9 Å². The predicted molar refractivity (Wildman–Crippen MR) is 64.2 cm³/mol. The average molecular weight is 249 g/mol. The van der Waals surface area contributed by atoms with E-state index < -0.39 is 0 Å². The number of hydrogen-bond acceptors (Lipinski definition) is 4. The quantitative estimate of drug-likeness (QED) is 0.703. The van der Waals surface area contributed by atoms with E-state index in [0.29, 0.717) is 11.3 Å². The summed E-state index contributed by atoms with van der Waals surface area (Å²) in [5, 5.41) is 8.25. The van der Waals surface area contributed by atoms with Crippen molar-refractivity contribution < 1.29 is 4.52 Å². The van der Waals surface area contributed by atoms with Gasteiger partial charge in [-0.1, -0.05) is 5.16 Å². The molecule has 88 valence electrons. The Morgan fingerprint density at radius 3 is 3.06 bits per heavy atom. The van der Waals surface area contributed by atoms with E-state index in [1.165, 1.54) is 0 Å². The number of imidazole rings is 1. The highest BCUT2D eigenvalue weighted by Crippen LogP contribution is 2.17. The SMILES string of the molecule is Cc1nn(C)c2c1[nH]c(=S)n2Cc1ccon1. The number of aryl methyl sites for hydroxylation is 2. The summed E-state index contributed by atoms with van der Waals surface area (Å²) in [6, 6.07) is 1.82. The van der Waals surface area contributed by atoms with E-state index in [1.54, 1.807) is 6.26 Å². The van der Waals surface area contributed by atoms with Crippen molar-refractivity contribution >= 4 is 23.4 Å². The summed E-state index contributed by atoms with van der Waals surface area (Å²) in [6.07, 6.45) is 1.55. The van der Waals surface area contributed by atoms with Gasteiger partial charge in [-0.3, -0.25) is 9.25 Å². The third kappa shape index (κ3) is 1.50. The standard InChI is InChI=1S/C10H11N5OS/c1-6-8-9(14(2)12-6)15(10(17)11-8)5-7-3-4-16-13-7/h3-4H,5H2,1-2H3,(H,11,17). The summed E-state index contributed by atoms with van der Waals surface area (Å²) < 4.78 is 9.26. The first-order valence-electron chi connectivity index (χ1n) is 5.18. The summed E-state index contributed by atoms with van der Waals surface area (Å²) in [5.74, 6) is 0. The third-order valence-corrected chi connectivity index (χ3v) is 3.06. The molecule has 0 aliphatic carbocycles. The second-order valence-electron chi connectivity index (χ2n) is 3.91. The molecule has 0 fully saturated rings. The van der Waals surface area contributed by atoms with Crippen LogP contribution in [0.4, 0.5) is 0 Å². The van der Waals surface area contributed by atoms with E-state index in [4.69, 9.17) is 16.7 Å². The van der Waals surface area contributed by atoms with Crippen LogP contribution < -0.4 is 0 Å². The molecule has 3 aromatic rings. The molecule has 0 spiro atoms. The van der Waals surface area contributed by atoms with Crippen LogP contribution in [-0.2, 0) is 13.6 Å². The van der Waals surface area contributed by atoms with Gasteiger partial charge < -0.3 is 9.51 Å². The number of H-pyrrole nitrogens is 1. The highest BCUT2D eigenvalue weighted by atomic mass is 32.1. The molecule has 0 bridgehead atoms. The lowest BCUT2D eigenvalue weighted by Crippen LogP contribution is -2.04. The Kier molecular flexibility index (Phi) is 2.15. The van der Waals surface area contributed by atoms with Crippen LogP contribution in [0.5, 0.6) is 0 Å². The zero-order chi connectivity index (χ0) is 12.0. The van der Waals surface area contributed by atoms with Crippen molar-refractivity contribution in [3.05, 3.63) is 28.5 Å². The lowest BCUT2D eigenvalue weighted by Gasteiger charge is -2.01. The number of rotatable bonds is 2. The van der Waals surface area contributed by atoms with Crippen LogP contribution in [0.3, 0.4) is 0 Å². The minimum atomic E-state index is 0.578. The highest BCUT2D eigenvalue weighted by Gasteiger charge is 2.13. The molecule has 0 saturated carbocycles. The summed E-state index contributed by atoms with van der Waals surface area (Å²) in [6.45, 7) is 2.53. The minimum Gasteiger partial charge on any atom is -0.364 e. The average Bonchev–Trinajstić information content (AvgIpc) is 2.93. The van der Waals surface area contributed by atoms with Gasteiger partial charge in [-0.2, -0.15) is 5.10 Å². The molecule has 0 saturated heterocycles. The van der Waals surface area contributed by atoms with E-state index in [9.17, 15) is 0 Å². The van der Waals surface area contributed by atoms with Gasteiger partial charge in [0.25, 0.3) is 0 Å². The number of hydrogen-bond donors (Lipinski definition) is 1. The predicted octanol–water partition coefficient (Wildman–Crippen LogP) is 1.78. The molecule has 0 aromatic carbocycles. The maximum absolute atomic E-state index is 5.31. The first-order chi connectivity index (χ1) is 8.16. The van der Waals surface area contributed by atoms with Crippen LogP contribution in [-0.4, -0.2) is 24.5 Å².